The molecule has 1 N–H and O–H groups in total. The Hall–Kier alpha value is -2.48. The molecule has 0 aliphatic carbocycles. The molecule has 1 aromatic carbocycles. The van der Waals surface area contributed by atoms with E-state index in [2.05, 4.69) is 4.98 Å². The van der Waals surface area contributed by atoms with E-state index < -0.39 is 17.2 Å². The molecule has 90 valence electrons. The van der Waals surface area contributed by atoms with Crippen molar-refractivity contribution in [2.75, 3.05) is 0 Å². The van der Waals surface area contributed by atoms with Crippen LogP contribution < -0.4 is 5.56 Å². The maximum Gasteiger partial charge on any atom is 0.251 e. The summed E-state index contributed by atoms with van der Waals surface area (Å²) in [6.07, 6.45) is 0. The zero-order chi connectivity index (χ0) is 13.3. The van der Waals surface area contributed by atoms with Crippen molar-refractivity contribution in [1.29, 1.82) is 5.26 Å². The molecular formula is C13H8F2N2O. The normalized spacial score (nSPS) is 10.1. The topological polar surface area (TPSA) is 56.6 Å². The number of nitrogens with zero attached hydrogens (tertiary/aromatic N) is 1. The van der Waals surface area contributed by atoms with E-state index in [-0.39, 0.29) is 16.8 Å². The largest absolute Gasteiger partial charge is 0.321 e. The Morgan fingerprint density at radius 2 is 1.78 bits per heavy atom. The van der Waals surface area contributed by atoms with Crippen molar-refractivity contribution in [2.24, 2.45) is 0 Å². The van der Waals surface area contributed by atoms with E-state index in [1.807, 2.05) is 6.07 Å². The molecule has 18 heavy (non-hydrogen) atoms. The van der Waals surface area contributed by atoms with Gasteiger partial charge in [-0.25, -0.2) is 8.78 Å². The molecular weight excluding hydrogens is 238 g/mol. The summed E-state index contributed by atoms with van der Waals surface area (Å²) < 4.78 is 26.2. The SMILES string of the molecule is Cc1cc(C#N)c(-c2cc(F)cc(F)c2)[nH]c1=O. The van der Waals surface area contributed by atoms with Crippen LogP contribution in [-0.4, -0.2) is 4.98 Å². The van der Waals surface area contributed by atoms with Gasteiger partial charge >= 0.3 is 0 Å². The molecule has 0 atom stereocenters. The van der Waals surface area contributed by atoms with E-state index in [1.165, 1.54) is 6.07 Å². The molecule has 0 aliphatic heterocycles. The van der Waals surface area contributed by atoms with Crippen LogP contribution in [0.3, 0.4) is 0 Å². The molecule has 2 rings (SSSR count). The Morgan fingerprint density at radius 1 is 1.17 bits per heavy atom. The van der Waals surface area contributed by atoms with Crippen LogP contribution in [0.2, 0.25) is 0 Å². The highest BCUT2D eigenvalue weighted by atomic mass is 19.1. The van der Waals surface area contributed by atoms with E-state index in [1.54, 1.807) is 6.92 Å². The lowest BCUT2D eigenvalue weighted by Crippen LogP contribution is -2.11. The highest BCUT2D eigenvalue weighted by Gasteiger charge is 2.10. The molecule has 0 fully saturated rings. The summed E-state index contributed by atoms with van der Waals surface area (Å²) in [4.78, 5) is 14.0. The minimum Gasteiger partial charge on any atom is -0.321 e. The second-order valence-electron chi connectivity index (χ2n) is 3.84. The molecule has 1 aromatic heterocycles. The van der Waals surface area contributed by atoms with Gasteiger partial charge in [0.25, 0.3) is 5.56 Å². The number of aromatic amines is 1. The molecule has 0 saturated carbocycles. The molecule has 0 unspecified atom stereocenters. The van der Waals surface area contributed by atoms with Gasteiger partial charge in [0.15, 0.2) is 0 Å². The fourth-order valence-corrected chi connectivity index (χ4v) is 1.65. The van der Waals surface area contributed by atoms with E-state index in [0.29, 0.717) is 5.56 Å². The van der Waals surface area contributed by atoms with Crippen LogP contribution in [0.5, 0.6) is 0 Å². The molecule has 5 heteroatoms. The number of nitriles is 1. The number of rotatable bonds is 1. The molecule has 0 spiro atoms. The smallest absolute Gasteiger partial charge is 0.251 e. The van der Waals surface area contributed by atoms with Crippen molar-refractivity contribution in [2.45, 2.75) is 6.92 Å². The lowest BCUT2D eigenvalue weighted by atomic mass is 10.0. The number of halogens is 2. The first-order valence-electron chi connectivity index (χ1n) is 5.12. The minimum absolute atomic E-state index is 0.117. The average molecular weight is 246 g/mol. The second kappa shape index (κ2) is 4.41. The number of nitrogens with one attached hydrogen (secondary N) is 1. The van der Waals surface area contributed by atoms with Gasteiger partial charge in [0.2, 0.25) is 0 Å². The molecule has 2 aromatic rings. The standard InChI is InChI=1S/C13H8F2N2O/c1-7-2-9(6-16)12(17-13(7)18)8-3-10(14)5-11(15)4-8/h2-5H,1H3,(H,17,18). The summed E-state index contributed by atoms with van der Waals surface area (Å²) in [5.41, 5.74) is 0.380. The van der Waals surface area contributed by atoms with Crippen LogP contribution in [-0.2, 0) is 0 Å². The monoisotopic (exact) mass is 246 g/mol. The molecule has 3 nitrogen and oxygen atoms in total. The Morgan fingerprint density at radius 3 is 2.33 bits per heavy atom. The maximum absolute atomic E-state index is 13.1. The van der Waals surface area contributed by atoms with Crippen LogP contribution in [0.25, 0.3) is 11.3 Å². The molecule has 1 heterocycles. The van der Waals surface area contributed by atoms with Crippen molar-refractivity contribution in [3.63, 3.8) is 0 Å². The van der Waals surface area contributed by atoms with Crippen molar-refractivity contribution in [3.05, 3.63) is 57.4 Å². The Balaban J connectivity index is 2.74. The van der Waals surface area contributed by atoms with Gasteiger partial charge in [-0.05, 0) is 25.1 Å². The first kappa shape index (κ1) is 12.0. The van der Waals surface area contributed by atoms with Crippen LogP contribution in [0.4, 0.5) is 8.78 Å². The minimum atomic E-state index is -0.768. The lowest BCUT2D eigenvalue weighted by molar-refractivity contribution is 0.584. The third-order valence-electron chi connectivity index (χ3n) is 2.50. The molecule has 0 radical (unpaired) electrons. The predicted molar refractivity (Wildman–Crippen MR) is 61.9 cm³/mol. The first-order valence-corrected chi connectivity index (χ1v) is 5.12. The van der Waals surface area contributed by atoms with E-state index >= 15 is 0 Å². The fraction of sp³-hybridized carbons (Fsp3) is 0.0769. The van der Waals surface area contributed by atoms with Gasteiger partial charge in [-0.3, -0.25) is 4.79 Å². The number of benzene rings is 1. The van der Waals surface area contributed by atoms with E-state index in [4.69, 9.17) is 5.26 Å². The summed E-state index contributed by atoms with van der Waals surface area (Å²) in [5.74, 6) is -1.54. The van der Waals surface area contributed by atoms with Crippen LogP contribution in [0.15, 0.2) is 29.1 Å². The molecule has 0 saturated heterocycles. The third-order valence-corrected chi connectivity index (χ3v) is 2.50. The number of hydrogen-bond donors (Lipinski definition) is 1. The number of aromatic nitrogens is 1. The van der Waals surface area contributed by atoms with E-state index in [0.717, 1.165) is 18.2 Å². The summed E-state index contributed by atoms with van der Waals surface area (Å²) in [6.45, 7) is 1.55. The third kappa shape index (κ3) is 2.13. The number of pyridine rings is 1. The van der Waals surface area contributed by atoms with Gasteiger partial charge in [-0.1, -0.05) is 0 Å². The summed E-state index contributed by atoms with van der Waals surface area (Å²) >= 11 is 0. The zero-order valence-corrected chi connectivity index (χ0v) is 9.42. The van der Waals surface area contributed by atoms with Gasteiger partial charge in [-0.2, -0.15) is 5.26 Å². The van der Waals surface area contributed by atoms with Gasteiger partial charge < -0.3 is 4.98 Å². The summed E-state index contributed by atoms with van der Waals surface area (Å²) in [7, 11) is 0. The van der Waals surface area contributed by atoms with Crippen LogP contribution in [0, 0.1) is 29.9 Å². The molecule has 0 amide bonds. The quantitative estimate of drug-likeness (QED) is 0.840. The zero-order valence-electron chi connectivity index (χ0n) is 9.42. The van der Waals surface area contributed by atoms with Crippen molar-refractivity contribution in [3.8, 4) is 17.3 Å². The predicted octanol–water partition coefficient (Wildman–Crippen LogP) is 2.50. The van der Waals surface area contributed by atoms with Gasteiger partial charge in [-0.15, -0.1) is 0 Å². The van der Waals surface area contributed by atoms with Crippen molar-refractivity contribution >= 4 is 0 Å². The van der Waals surface area contributed by atoms with Gasteiger partial charge in [0.1, 0.15) is 17.7 Å². The summed E-state index contributed by atoms with van der Waals surface area (Å²) in [6, 6.07) is 6.12. The summed E-state index contributed by atoms with van der Waals surface area (Å²) in [5, 5.41) is 8.97. The number of H-pyrrole nitrogens is 1. The van der Waals surface area contributed by atoms with Crippen LogP contribution >= 0.6 is 0 Å². The van der Waals surface area contributed by atoms with Gasteiger partial charge in [0.05, 0.1) is 11.3 Å². The highest BCUT2D eigenvalue weighted by molar-refractivity contribution is 5.66. The molecule has 0 aliphatic rings. The number of aryl methyl sites for hydroxylation is 1. The highest BCUT2D eigenvalue weighted by Crippen LogP contribution is 2.22. The van der Waals surface area contributed by atoms with Crippen LogP contribution in [0.1, 0.15) is 11.1 Å². The fourth-order valence-electron chi connectivity index (χ4n) is 1.65. The van der Waals surface area contributed by atoms with Crippen molar-refractivity contribution < 1.29 is 8.78 Å². The maximum atomic E-state index is 13.1. The van der Waals surface area contributed by atoms with E-state index in [9.17, 15) is 13.6 Å². The Labute approximate surface area is 101 Å². The number of hydrogen-bond acceptors (Lipinski definition) is 2. The Kier molecular flexibility index (Phi) is 2.94. The second-order valence-corrected chi connectivity index (χ2v) is 3.84. The Bertz CT molecular complexity index is 694. The van der Waals surface area contributed by atoms with Gasteiger partial charge in [0, 0.05) is 17.2 Å². The average Bonchev–Trinajstić information content (AvgIpc) is 2.30. The lowest BCUT2D eigenvalue weighted by Gasteiger charge is -2.05. The first-order chi connectivity index (χ1) is 8.51. The van der Waals surface area contributed by atoms with Crippen molar-refractivity contribution in [1.82, 2.24) is 4.98 Å². The molecule has 0 bridgehead atoms.